The molecule has 0 saturated carbocycles. The van der Waals surface area contributed by atoms with E-state index in [4.69, 9.17) is 16.3 Å². The number of ether oxygens (including phenoxy) is 1. The molecule has 1 aliphatic heterocycles. The van der Waals surface area contributed by atoms with E-state index in [1.54, 1.807) is 16.9 Å². The van der Waals surface area contributed by atoms with Gasteiger partial charge >= 0.3 is 6.03 Å². The summed E-state index contributed by atoms with van der Waals surface area (Å²) < 4.78 is 7.09. The maximum Gasteiger partial charge on any atom is 0.320 e. The molecule has 0 spiro atoms. The van der Waals surface area contributed by atoms with Crippen LogP contribution in [0.3, 0.4) is 0 Å². The van der Waals surface area contributed by atoms with Crippen molar-refractivity contribution >= 4 is 23.4 Å². The highest BCUT2D eigenvalue weighted by atomic mass is 35.5. The lowest BCUT2D eigenvalue weighted by Gasteiger charge is -2.11. The Balaban J connectivity index is 1.44. The first-order chi connectivity index (χ1) is 12.2. The van der Waals surface area contributed by atoms with E-state index in [-0.39, 0.29) is 6.03 Å². The van der Waals surface area contributed by atoms with Gasteiger partial charge in [-0.15, -0.1) is 0 Å². The first kappa shape index (κ1) is 17.8. The zero-order valence-electron chi connectivity index (χ0n) is 14.1. The molecule has 2 amide bonds. The Labute approximate surface area is 152 Å². The van der Waals surface area contributed by atoms with Crippen molar-refractivity contribution in [1.29, 1.82) is 0 Å². The van der Waals surface area contributed by atoms with Gasteiger partial charge in [0.25, 0.3) is 0 Å². The van der Waals surface area contributed by atoms with Crippen LogP contribution in [0.2, 0.25) is 5.02 Å². The highest BCUT2D eigenvalue weighted by Gasteiger charge is 2.15. The number of urea groups is 1. The Bertz CT molecular complexity index is 698. The third-order valence-corrected chi connectivity index (χ3v) is 4.51. The minimum atomic E-state index is -0.212. The first-order valence-corrected chi connectivity index (χ1v) is 8.97. The average Bonchev–Trinajstić information content (AvgIpc) is 3.24. The van der Waals surface area contributed by atoms with Gasteiger partial charge in [-0.2, -0.15) is 5.10 Å². The van der Waals surface area contributed by atoms with Crippen molar-refractivity contribution in [1.82, 2.24) is 15.1 Å². The minimum Gasteiger partial charge on any atom is -0.381 e. The second-order valence-corrected chi connectivity index (χ2v) is 6.69. The number of nitrogens with one attached hydrogen (secondary N) is 2. The van der Waals surface area contributed by atoms with Crippen LogP contribution in [-0.4, -0.2) is 35.6 Å². The maximum atomic E-state index is 12.1. The Kier molecular flexibility index (Phi) is 6.30. The molecule has 1 aliphatic rings. The summed E-state index contributed by atoms with van der Waals surface area (Å²) in [6.07, 6.45) is 4.85. The molecule has 1 atom stereocenters. The van der Waals surface area contributed by atoms with E-state index >= 15 is 0 Å². The summed E-state index contributed by atoms with van der Waals surface area (Å²) in [6, 6.07) is 9.16. The van der Waals surface area contributed by atoms with Crippen molar-refractivity contribution in [3.63, 3.8) is 0 Å². The quantitative estimate of drug-likeness (QED) is 0.740. The van der Waals surface area contributed by atoms with Gasteiger partial charge in [0, 0.05) is 30.8 Å². The molecule has 0 unspecified atom stereocenters. The standard InChI is InChI=1S/C18H23ClN4O2/c19-16-5-1-3-15(11-16)12-23-17(6-9-21-23)22-18(24)20-8-2-4-14-7-10-25-13-14/h1,3,5-6,9,11,14H,2,4,7-8,10,12-13H2,(H2,20,22,24)/t14-/m0/s1. The molecular weight excluding hydrogens is 340 g/mol. The fourth-order valence-corrected chi connectivity index (χ4v) is 3.15. The largest absolute Gasteiger partial charge is 0.381 e. The summed E-state index contributed by atoms with van der Waals surface area (Å²) in [5.41, 5.74) is 1.03. The van der Waals surface area contributed by atoms with Crippen molar-refractivity contribution in [3.05, 3.63) is 47.1 Å². The number of hydrogen-bond donors (Lipinski definition) is 2. The molecule has 0 bridgehead atoms. The van der Waals surface area contributed by atoms with Crippen LogP contribution in [0.1, 0.15) is 24.8 Å². The minimum absolute atomic E-state index is 0.212. The molecule has 134 valence electrons. The number of carbonyl (C=O) groups excluding carboxylic acids is 1. The monoisotopic (exact) mass is 362 g/mol. The van der Waals surface area contributed by atoms with Gasteiger partial charge in [-0.25, -0.2) is 9.48 Å². The lowest BCUT2D eigenvalue weighted by molar-refractivity contribution is 0.184. The highest BCUT2D eigenvalue weighted by Crippen LogP contribution is 2.17. The number of anilines is 1. The van der Waals surface area contributed by atoms with Crippen LogP contribution in [-0.2, 0) is 11.3 Å². The van der Waals surface area contributed by atoms with Gasteiger partial charge < -0.3 is 10.1 Å². The lowest BCUT2D eigenvalue weighted by Crippen LogP contribution is -2.30. The number of halogens is 1. The molecule has 6 nitrogen and oxygen atoms in total. The molecule has 1 saturated heterocycles. The Morgan fingerprint density at radius 3 is 3.12 bits per heavy atom. The normalized spacial score (nSPS) is 16.8. The summed E-state index contributed by atoms with van der Waals surface area (Å²) >= 11 is 6.01. The third kappa shape index (κ3) is 5.47. The third-order valence-electron chi connectivity index (χ3n) is 4.28. The van der Waals surface area contributed by atoms with Gasteiger partial charge in [-0.05, 0) is 42.9 Å². The van der Waals surface area contributed by atoms with Gasteiger partial charge in [-0.1, -0.05) is 23.7 Å². The summed E-state index contributed by atoms with van der Waals surface area (Å²) in [5, 5.41) is 10.7. The zero-order valence-corrected chi connectivity index (χ0v) is 14.8. The average molecular weight is 363 g/mol. The van der Waals surface area contributed by atoms with Gasteiger partial charge in [0.15, 0.2) is 0 Å². The van der Waals surface area contributed by atoms with Crippen LogP contribution in [0.25, 0.3) is 0 Å². The predicted molar refractivity (Wildman–Crippen MR) is 98.0 cm³/mol. The SMILES string of the molecule is O=C(NCCC[C@H]1CCOC1)Nc1ccnn1Cc1cccc(Cl)c1. The van der Waals surface area contributed by atoms with Crippen molar-refractivity contribution < 1.29 is 9.53 Å². The molecule has 0 radical (unpaired) electrons. The van der Waals surface area contributed by atoms with E-state index in [2.05, 4.69) is 15.7 Å². The number of carbonyl (C=O) groups is 1. The van der Waals surface area contributed by atoms with Crippen LogP contribution in [0, 0.1) is 5.92 Å². The molecule has 2 aromatic rings. The predicted octanol–water partition coefficient (Wildman–Crippen LogP) is 3.52. The molecule has 2 heterocycles. The summed E-state index contributed by atoms with van der Waals surface area (Å²) in [7, 11) is 0. The maximum absolute atomic E-state index is 12.1. The lowest BCUT2D eigenvalue weighted by atomic mass is 10.0. The fourth-order valence-electron chi connectivity index (χ4n) is 2.94. The second-order valence-electron chi connectivity index (χ2n) is 6.26. The van der Waals surface area contributed by atoms with Crippen LogP contribution >= 0.6 is 11.6 Å². The van der Waals surface area contributed by atoms with E-state index in [9.17, 15) is 4.79 Å². The van der Waals surface area contributed by atoms with Crippen molar-refractivity contribution in [2.45, 2.75) is 25.8 Å². The van der Waals surface area contributed by atoms with E-state index < -0.39 is 0 Å². The molecule has 1 fully saturated rings. The molecule has 7 heteroatoms. The highest BCUT2D eigenvalue weighted by molar-refractivity contribution is 6.30. The summed E-state index contributed by atoms with van der Waals surface area (Å²) in [6.45, 7) is 2.93. The number of amides is 2. The Morgan fingerprint density at radius 2 is 2.32 bits per heavy atom. The molecular formula is C18H23ClN4O2. The first-order valence-electron chi connectivity index (χ1n) is 8.59. The zero-order chi connectivity index (χ0) is 17.5. The van der Waals surface area contributed by atoms with Crippen LogP contribution in [0.5, 0.6) is 0 Å². The van der Waals surface area contributed by atoms with Gasteiger partial charge in [0.05, 0.1) is 12.7 Å². The molecule has 1 aromatic carbocycles. The van der Waals surface area contributed by atoms with Gasteiger partial charge in [0.2, 0.25) is 0 Å². The van der Waals surface area contributed by atoms with Crippen LogP contribution in [0.4, 0.5) is 10.6 Å². The van der Waals surface area contributed by atoms with Gasteiger partial charge in [0.1, 0.15) is 5.82 Å². The van der Waals surface area contributed by atoms with E-state index in [0.717, 1.165) is 38.0 Å². The van der Waals surface area contributed by atoms with E-state index in [1.807, 2.05) is 24.3 Å². The van der Waals surface area contributed by atoms with Gasteiger partial charge in [-0.3, -0.25) is 5.32 Å². The Morgan fingerprint density at radius 1 is 1.40 bits per heavy atom. The van der Waals surface area contributed by atoms with Crippen LogP contribution in [0.15, 0.2) is 36.5 Å². The molecule has 2 N–H and O–H groups in total. The van der Waals surface area contributed by atoms with E-state index in [1.165, 1.54) is 0 Å². The van der Waals surface area contributed by atoms with Crippen molar-refractivity contribution in [2.24, 2.45) is 5.92 Å². The topological polar surface area (TPSA) is 68.2 Å². The molecule has 0 aliphatic carbocycles. The molecule has 1 aromatic heterocycles. The number of benzene rings is 1. The molecule has 3 rings (SSSR count). The van der Waals surface area contributed by atoms with E-state index in [0.29, 0.717) is 29.8 Å². The number of rotatable bonds is 7. The number of aromatic nitrogens is 2. The summed E-state index contributed by atoms with van der Waals surface area (Å²) in [4.78, 5) is 12.1. The van der Waals surface area contributed by atoms with Crippen molar-refractivity contribution in [3.8, 4) is 0 Å². The van der Waals surface area contributed by atoms with Crippen LogP contribution < -0.4 is 10.6 Å². The summed E-state index contributed by atoms with van der Waals surface area (Å²) in [5.74, 6) is 1.30. The second kappa shape index (κ2) is 8.87. The Hall–Kier alpha value is -2.05. The smallest absolute Gasteiger partial charge is 0.320 e. The number of hydrogen-bond acceptors (Lipinski definition) is 3. The number of nitrogens with zero attached hydrogens (tertiary/aromatic N) is 2. The molecule has 25 heavy (non-hydrogen) atoms. The van der Waals surface area contributed by atoms with Crippen molar-refractivity contribution in [2.75, 3.05) is 25.1 Å². The fraction of sp³-hybridized carbons (Fsp3) is 0.444.